The zero-order chi connectivity index (χ0) is 10.4. The summed E-state index contributed by atoms with van der Waals surface area (Å²) in [5.74, 6) is -0.662. The Hall–Kier alpha value is -1.25. The second kappa shape index (κ2) is 5.41. The highest BCUT2D eigenvalue weighted by atomic mass is 16.4. The average molecular weight is 183 g/mol. The zero-order valence-corrected chi connectivity index (χ0v) is 8.32. The molecule has 2 atom stereocenters. The summed E-state index contributed by atoms with van der Waals surface area (Å²) in [4.78, 5) is 10.3. The van der Waals surface area contributed by atoms with Crippen LogP contribution in [0.2, 0.25) is 0 Å². The lowest BCUT2D eigenvalue weighted by molar-refractivity contribution is -0.131. The van der Waals surface area contributed by atoms with Crippen molar-refractivity contribution >= 4 is 5.97 Å². The van der Waals surface area contributed by atoms with E-state index in [-0.39, 0.29) is 11.8 Å². The van der Waals surface area contributed by atoms with E-state index in [0.717, 1.165) is 6.08 Å². The normalized spacial score (nSPS) is 17.3. The van der Waals surface area contributed by atoms with E-state index in [0.29, 0.717) is 5.70 Å². The minimum Gasteiger partial charge on any atom is -0.478 e. The molecular formula is C10H17NO2. The monoisotopic (exact) mass is 183 g/mol. The van der Waals surface area contributed by atoms with Crippen molar-refractivity contribution in [1.82, 2.24) is 0 Å². The number of rotatable bonds is 4. The van der Waals surface area contributed by atoms with Gasteiger partial charge in [0, 0.05) is 17.7 Å². The highest BCUT2D eigenvalue weighted by Gasteiger charge is 2.12. The first-order valence-electron chi connectivity index (χ1n) is 4.31. The summed E-state index contributed by atoms with van der Waals surface area (Å²) in [7, 11) is 0. The molecule has 0 bridgehead atoms. The Morgan fingerprint density at radius 2 is 2.00 bits per heavy atom. The standard InChI is InChI=1S/C10H17NO2/c1-4-5-7(2)8(3)9(11)6-10(12)13/h4-8H,11H2,1-3H3,(H,12,13)/b5-4+,9-6-/t7-,8-/m1/s1. The van der Waals surface area contributed by atoms with Crippen molar-refractivity contribution in [2.75, 3.05) is 0 Å². The van der Waals surface area contributed by atoms with E-state index in [4.69, 9.17) is 10.8 Å². The molecule has 0 radical (unpaired) electrons. The van der Waals surface area contributed by atoms with Crippen LogP contribution in [0.5, 0.6) is 0 Å². The number of carboxylic acids is 1. The van der Waals surface area contributed by atoms with Crippen LogP contribution in [-0.4, -0.2) is 11.1 Å². The molecule has 0 aromatic heterocycles. The van der Waals surface area contributed by atoms with Gasteiger partial charge in [-0.25, -0.2) is 4.79 Å². The van der Waals surface area contributed by atoms with Crippen molar-refractivity contribution < 1.29 is 9.90 Å². The van der Waals surface area contributed by atoms with E-state index in [2.05, 4.69) is 0 Å². The van der Waals surface area contributed by atoms with E-state index in [9.17, 15) is 4.79 Å². The van der Waals surface area contributed by atoms with Gasteiger partial charge in [0.25, 0.3) is 0 Å². The fraction of sp³-hybridized carbons (Fsp3) is 0.500. The number of carbonyl (C=O) groups is 1. The summed E-state index contributed by atoms with van der Waals surface area (Å²) in [5.41, 5.74) is 6.01. The van der Waals surface area contributed by atoms with E-state index >= 15 is 0 Å². The Balaban J connectivity index is 4.41. The smallest absolute Gasteiger partial charge is 0.330 e. The van der Waals surface area contributed by atoms with Crippen molar-refractivity contribution in [2.45, 2.75) is 20.8 Å². The molecule has 3 N–H and O–H groups in total. The largest absolute Gasteiger partial charge is 0.478 e. The lowest BCUT2D eigenvalue weighted by Crippen LogP contribution is -2.16. The molecule has 3 nitrogen and oxygen atoms in total. The van der Waals surface area contributed by atoms with Crippen molar-refractivity contribution in [3.63, 3.8) is 0 Å². The molecule has 0 heterocycles. The zero-order valence-electron chi connectivity index (χ0n) is 8.32. The molecule has 0 rings (SSSR count). The SMILES string of the molecule is C/C=C/[C@@H](C)[C@@H](C)/C(N)=C/C(=O)O. The number of hydrogen-bond donors (Lipinski definition) is 2. The quantitative estimate of drug-likeness (QED) is 0.515. The maximum atomic E-state index is 10.3. The van der Waals surface area contributed by atoms with E-state index in [1.807, 2.05) is 32.9 Å². The van der Waals surface area contributed by atoms with Crippen LogP contribution in [0.4, 0.5) is 0 Å². The molecule has 0 unspecified atom stereocenters. The van der Waals surface area contributed by atoms with Crippen LogP contribution in [-0.2, 0) is 4.79 Å². The Morgan fingerprint density at radius 1 is 1.46 bits per heavy atom. The number of hydrogen-bond acceptors (Lipinski definition) is 2. The Labute approximate surface area is 78.9 Å². The van der Waals surface area contributed by atoms with Crippen LogP contribution in [0.3, 0.4) is 0 Å². The highest BCUT2D eigenvalue weighted by molar-refractivity contribution is 5.80. The summed E-state index contributed by atoms with van der Waals surface area (Å²) in [5, 5.41) is 8.47. The van der Waals surface area contributed by atoms with E-state index in [1.165, 1.54) is 0 Å². The third-order valence-electron chi connectivity index (χ3n) is 2.10. The third-order valence-corrected chi connectivity index (χ3v) is 2.10. The average Bonchev–Trinajstić information content (AvgIpc) is 2.02. The third kappa shape index (κ3) is 4.35. The lowest BCUT2D eigenvalue weighted by atomic mass is 9.92. The first-order valence-corrected chi connectivity index (χ1v) is 4.31. The summed E-state index contributed by atoms with van der Waals surface area (Å²) >= 11 is 0. The molecule has 0 aromatic carbocycles. The van der Waals surface area contributed by atoms with Crippen molar-refractivity contribution in [3.8, 4) is 0 Å². The molecule has 3 heteroatoms. The van der Waals surface area contributed by atoms with Gasteiger partial charge in [-0.1, -0.05) is 26.0 Å². The van der Waals surface area contributed by atoms with Gasteiger partial charge in [0.05, 0.1) is 0 Å². The highest BCUT2D eigenvalue weighted by Crippen LogP contribution is 2.17. The molecular weight excluding hydrogens is 166 g/mol. The van der Waals surface area contributed by atoms with Crippen LogP contribution < -0.4 is 5.73 Å². The molecule has 0 fully saturated rings. The maximum Gasteiger partial charge on any atom is 0.330 e. The fourth-order valence-electron chi connectivity index (χ4n) is 1.05. The molecule has 74 valence electrons. The van der Waals surface area contributed by atoms with Gasteiger partial charge in [-0.05, 0) is 12.8 Å². The lowest BCUT2D eigenvalue weighted by Gasteiger charge is -2.16. The van der Waals surface area contributed by atoms with Crippen LogP contribution in [0.25, 0.3) is 0 Å². The Bertz CT molecular complexity index is 231. The van der Waals surface area contributed by atoms with Crippen LogP contribution in [0, 0.1) is 11.8 Å². The van der Waals surface area contributed by atoms with Crippen molar-refractivity contribution in [2.24, 2.45) is 17.6 Å². The summed E-state index contributed by atoms with van der Waals surface area (Å²) in [6.07, 6.45) is 5.01. The molecule has 0 saturated carbocycles. The Morgan fingerprint density at radius 3 is 2.38 bits per heavy atom. The molecule has 0 aliphatic rings. The van der Waals surface area contributed by atoms with Gasteiger partial charge in [-0.3, -0.25) is 0 Å². The molecule has 0 aromatic rings. The number of nitrogens with two attached hydrogens (primary N) is 1. The molecule has 0 aliphatic carbocycles. The predicted octanol–water partition coefficient (Wildman–Crippen LogP) is 1.76. The summed E-state index contributed by atoms with van der Waals surface area (Å²) in [6, 6.07) is 0. The topological polar surface area (TPSA) is 63.3 Å². The summed E-state index contributed by atoms with van der Waals surface area (Å²) < 4.78 is 0. The van der Waals surface area contributed by atoms with Gasteiger partial charge >= 0.3 is 5.97 Å². The van der Waals surface area contributed by atoms with Gasteiger partial charge < -0.3 is 10.8 Å². The number of carboxylic acid groups (broad SMARTS) is 1. The van der Waals surface area contributed by atoms with Crippen LogP contribution >= 0.6 is 0 Å². The predicted molar refractivity (Wildman–Crippen MR) is 53.0 cm³/mol. The number of allylic oxidation sites excluding steroid dienone is 3. The van der Waals surface area contributed by atoms with Gasteiger partial charge in [0.1, 0.15) is 0 Å². The number of aliphatic carboxylic acids is 1. The van der Waals surface area contributed by atoms with Gasteiger partial charge in [-0.2, -0.15) is 0 Å². The second-order valence-corrected chi connectivity index (χ2v) is 3.16. The first-order chi connectivity index (χ1) is 5.99. The second-order valence-electron chi connectivity index (χ2n) is 3.16. The van der Waals surface area contributed by atoms with Crippen molar-refractivity contribution in [1.29, 1.82) is 0 Å². The maximum absolute atomic E-state index is 10.3. The molecule has 0 amide bonds. The van der Waals surface area contributed by atoms with E-state index in [1.54, 1.807) is 0 Å². The molecule has 0 spiro atoms. The summed E-state index contributed by atoms with van der Waals surface area (Å²) in [6.45, 7) is 5.85. The van der Waals surface area contributed by atoms with Gasteiger partial charge in [-0.15, -0.1) is 0 Å². The van der Waals surface area contributed by atoms with Gasteiger partial charge in [0.2, 0.25) is 0 Å². The minimum absolute atomic E-state index is 0.0623. The van der Waals surface area contributed by atoms with Crippen LogP contribution in [0.15, 0.2) is 23.9 Å². The first kappa shape index (κ1) is 11.8. The minimum atomic E-state index is -0.989. The van der Waals surface area contributed by atoms with Crippen molar-refractivity contribution in [3.05, 3.63) is 23.9 Å². The Kier molecular flexibility index (Phi) is 4.89. The molecule has 0 aliphatic heterocycles. The van der Waals surface area contributed by atoms with Crippen LogP contribution in [0.1, 0.15) is 20.8 Å². The molecule has 0 saturated heterocycles. The fourth-order valence-corrected chi connectivity index (χ4v) is 1.05. The molecule has 13 heavy (non-hydrogen) atoms. The van der Waals surface area contributed by atoms with Gasteiger partial charge in [0.15, 0.2) is 0 Å². The van der Waals surface area contributed by atoms with E-state index < -0.39 is 5.97 Å².